The molecule has 0 aliphatic rings. The zero-order chi connectivity index (χ0) is 9.30. The van der Waals surface area contributed by atoms with E-state index in [0.717, 1.165) is 9.13 Å². The second-order valence-electron chi connectivity index (χ2n) is 2.62. The van der Waals surface area contributed by atoms with Crippen LogP contribution < -0.4 is 0 Å². The molecule has 1 nitrogen and oxygen atoms in total. The van der Waals surface area contributed by atoms with Crippen LogP contribution in [0.15, 0.2) is 12.1 Å². The predicted octanol–water partition coefficient (Wildman–Crippen LogP) is 2.94. The Balaban J connectivity index is 3.37. The van der Waals surface area contributed by atoms with Crippen LogP contribution in [0.5, 0.6) is 0 Å². The van der Waals surface area contributed by atoms with Gasteiger partial charge in [0, 0.05) is 9.13 Å². The van der Waals surface area contributed by atoms with E-state index in [1.54, 1.807) is 0 Å². The molecule has 0 aliphatic heterocycles. The topological polar surface area (TPSA) is 17.1 Å². The van der Waals surface area contributed by atoms with Gasteiger partial charge < -0.3 is 0 Å². The van der Waals surface area contributed by atoms with Crippen LogP contribution >= 0.6 is 22.6 Å². The molecule has 0 spiro atoms. The fraction of sp³-hybridized carbons (Fsp3) is 0.222. The Hall–Kier alpha value is -0.450. The zero-order valence-corrected chi connectivity index (χ0v) is 8.98. The molecule has 0 fully saturated rings. The lowest BCUT2D eigenvalue weighted by Gasteiger charge is -2.03. The number of benzene rings is 1. The van der Waals surface area contributed by atoms with E-state index in [1.165, 1.54) is 19.1 Å². The lowest BCUT2D eigenvalue weighted by Crippen LogP contribution is -1.99. The van der Waals surface area contributed by atoms with Gasteiger partial charge in [-0.05, 0) is 54.1 Å². The first kappa shape index (κ1) is 9.64. The smallest absolute Gasteiger partial charge is 0.160 e. The molecule has 0 bridgehead atoms. The molecular formula is C9H8FIO. The van der Waals surface area contributed by atoms with Crippen LogP contribution in [0, 0.1) is 16.3 Å². The highest BCUT2D eigenvalue weighted by molar-refractivity contribution is 14.1. The van der Waals surface area contributed by atoms with Crippen molar-refractivity contribution in [1.29, 1.82) is 0 Å². The van der Waals surface area contributed by atoms with Crippen molar-refractivity contribution in [3.63, 3.8) is 0 Å². The van der Waals surface area contributed by atoms with E-state index in [2.05, 4.69) is 0 Å². The Kier molecular flexibility index (Phi) is 2.82. The third-order valence-corrected chi connectivity index (χ3v) is 2.81. The highest BCUT2D eigenvalue weighted by atomic mass is 127. The molecule has 0 saturated carbocycles. The summed E-state index contributed by atoms with van der Waals surface area (Å²) in [6.45, 7) is 3.26. The summed E-state index contributed by atoms with van der Waals surface area (Å²) in [4.78, 5) is 11.0. The van der Waals surface area contributed by atoms with Gasteiger partial charge >= 0.3 is 0 Å². The molecular weight excluding hydrogens is 270 g/mol. The maximum Gasteiger partial charge on any atom is 0.160 e. The van der Waals surface area contributed by atoms with Gasteiger partial charge in [-0.2, -0.15) is 0 Å². The van der Waals surface area contributed by atoms with Gasteiger partial charge in [0.15, 0.2) is 5.78 Å². The largest absolute Gasteiger partial charge is 0.294 e. The molecule has 0 atom stereocenters. The van der Waals surface area contributed by atoms with E-state index in [0.29, 0.717) is 5.56 Å². The second-order valence-corrected chi connectivity index (χ2v) is 3.78. The van der Waals surface area contributed by atoms with Crippen molar-refractivity contribution in [1.82, 2.24) is 0 Å². The van der Waals surface area contributed by atoms with Crippen LogP contribution in [0.4, 0.5) is 4.39 Å². The minimum absolute atomic E-state index is 0.0927. The molecule has 0 saturated heterocycles. The van der Waals surface area contributed by atoms with Crippen molar-refractivity contribution >= 4 is 28.4 Å². The quantitative estimate of drug-likeness (QED) is 0.570. The zero-order valence-electron chi connectivity index (χ0n) is 6.82. The van der Waals surface area contributed by atoms with Crippen molar-refractivity contribution in [2.45, 2.75) is 13.8 Å². The standard InChI is InChI=1S/C9H8FIO/c1-5-8(6(2)12)3-7(10)4-9(5)11/h3-4H,1-2H3. The first-order valence-corrected chi connectivity index (χ1v) is 4.57. The van der Waals surface area contributed by atoms with Gasteiger partial charge in [0.2, 0.25) is 0 Å². The van der Waals surface area contributed by atoms with Gasteiger partial charge in [-0.3, -0.25) is 4.79 Å². The summed E-state index contributed by atoms with van der Waals surface area (Å²) in [6, 6.07) is 2.70. The van der Waals surface area contributed by atoms with E-state index >= 15 is 0 Å². The fourth-order valence-corrected chi connectivity index (χ4v) is 1.60. The molecule has 0 heterocycles. The monoisotopic (exact) mass is 278 g/mol. The average Bonchev–Trinajstić information content (AvgIpc) is 1.96. The Morgan fingerprint density at radius 3 is 2.58 bits per heavy atom. The maximum absolute atomic E-state index is 12.8. The number of carbonyl (C=O) groups is 1. The summed E-state index contributed by atoms with van der Waals surface area (Å²) in [6.07, 6.45) is 0. The lowest BCUT2D eigenvalue weighted by molar-refractivity contribution is 0.101. The molecule has 12 heavy (non-hydrogen) atoms. The molecule has 0 aromatic heterocycles. The Morgan fingerprint density at radius 2 is 2.08 bits per heavy atom. The SMILES string of the molecule is CC(=O)c1cc(F)cc(I)c1C. The van der Waals surface area contributed by atoms with Gasteiger partial charge in [0.1, 0.15) is 5.82 Å². The summed E-state index contributed by atoms with van der Waals surface area (Å²) in [5.41, 5.74) is 1.32. The number of Topliss-reactive ketones (excluding diaryl/α,β-unsaturated/α-hetero) is 1. The van der Waals surface area contributed by atoms with Crippen LogP contribution in [0.25, 0.3) is 0 Å². The first-order valence-electron chi connectivity index (χ1n) is 3.49. The van der Waals surface area contributed by atoms with Crippen molar-refractivity contribution < 1.29 is 9.18 Å². The number of rotatable bonds is 1. The predicted molar refractivity (Wildman–Crippen MR) is 53.9 cm³/mol. The normalized spacial score (nSPS) is 10.0. The molecule has 1 rings (SSSR count). The molecule has 1 aromatic rings. The summed E-state index contributed by atoms with van der Waals surface area (Å²) in [7, 11) is 0. The van der Waals surface area contributed by atoms with E-state index in [4.69, 9.17) is 0 Å². The first-order chi connectivity index (χ1) is 5.52. The van der Waals surface area contributed by atoms with E-state index < -0.39 is 0 Å². The molecule has 0 amide bonds. The van der Waals surface area contributed by atoms with E-state index in [1.807, 2.05) is 29.5 Å². The van der Waals surface area contributed by atoms with Gasteiger partial charge in [0.25, 0.3) is 0 Å². The minimum Gasteiger partial charge on any atom is -0.294 e. The summed E-state index contributed by atoms with van der Waals surface area (Å²) < 4.78 is 13.6. The Bertz CT molecular complexity index is 334. The lowest BCUT2D eigenvalue weighted by atomic mass is 10.1. The highest BCUT2D eigenvalue weighted by Gasteiger charge is 2.08. The minimum atomic E-state index is -0.352. The van der Waals surface area contributed by atoms with Crippen molar-refractivity contribution in [2.24, 2.45) is 0 Å². The van der Waals surface area contributed by atoms with Gasteiger partial charge in [-0.15, -0.1) is 0 Å². The van der Waals surface area contributed by atoms with E-state index in [9.17, 15) is 9.18 Å². The van der Waals surface area contributed by atoms with Gasteiger partial charge in [-0.25, -0.2) is 4.39 Å². The van der Waals surface area contributed by atoms with Crippen molar-refractivity contribution in [3.05, 3.63) is 32.6 Å². The van der Waals surface area contributed by atoms with E-state index in [-0.39, 0.29) is 11.6 Å². The number of carbonyl (C=O) groups excluding carboxylic acids is 1. The van der Waals surface area contributed by atoms with Crippen LogP contribution in [0.1, 0.15) is 22.8 Å². The molecule has 0 N–H and O–H groups in total. The number of halogens is 2. The summed E-state index contributed by atoms with van der Waals surface area (Å²) in [5.74, 6) is -0.444. The molecule has 0 radical (unpaired) electrons. The third kappa shape index (κ3) is 1.83. The Labute approximate surface area is 84.1 Å². The van der Waals surface area contributed by atoms with Crippen LogP contribution in [0.2, 0.25) is 0 Å². The maximum atomic E-state index is 12.8. The number of hydrogen-bond donors (Lipinski definition) is 0. The second kappa shape index (κ2) is 3.51. The Morgan fingerprint density at radius 1 is 1.50 bits per heavy atom. The van der Waals surface area contributed by atoms with Crippen molar-refractivity contribution in [3.8, 4) is 0 Å². The molecule has 3 heteroatoms. The number of hydrogen-bond acceptors (Lipinski definition) is 1. The summed E-state index contributed by atoms with van der Waals surface area (Å²) >= 11 is 2.02. The molecule has 0 aliphatic carbocycles. The van der Waals surface area contributed by atoms with Crippen LogP contribution in [0.3, 0.4) is 0 Å². The molecule has 64 valence electrons. The molecule has 0 unspecified atom stereocenters. The van der Waals surface area contributed by atoms with Gasteiger partial charge in [0.05, 0.1) is 0 Å². The van der Waals surface area contributed by atoms with Crippen LogP contribution in [-0.4, -0.2) is 5.78 Å². The fourth-order valence-electron chi connectivity index (χ4n) is 1.01. The molecule has 1 aromatic carbocycles. The third-order valence-electron chi connectivity index (χ3n) is 1.69. The van der Waals surface area contributed by atoms with Crippen LogP contribution in [-0.2, 0) is 0 Å². The summed E-state index contributed by atoms with van der Waals surface area (Å²) in [5, 5.41) is 0. The average molecular weight is 278 g/mol. The van der Waals surface area contributed by atoms with Gasteiger partial charge in [-0.1, -0.05) is 0 Å². The van der Waals surface area contributed by atoms with Crippen molar-refractivity contribution in [2.75, 3.05) is 0 Å². The highest BCUT2D eigenvalue weighted by Crippen LogP contribution is 2.18. The number of ketones is 1.